The summed E-state index contributed by atoms with van der Waals surface area (Å²) in [5.74, 6) is 0.706. The number of aryl methyl sites for hydroxylation is 1. The molecule has 33 heavy (non-hydrogen) atoms. The molecule has 2 aromatic rings. The van der Waals surface area contributed by atoms with Gasteiger partial charge >= 0.3 is 0 Å². The molecule has 0 radical (unpaired) electrons. The highest BCUT2D eigenvalue weighted by molar-refractivity contribution is 5.93. The Bertz CT molecular complexity index is 909. The highest BCUT2D eigenvalue weighted by Gasteiger charge is 2.33. The smallest absolute Gasteiger partial charge is 0.290 e. The summed E-state index contributed by atoms with van der Waals surface area (Å²) >= 11 is 0. The van der Waals surface area contributed by atoms with Crippen molar-refractivity contribution >= 4 is 24.0 Å². The van der Waals surface area contributed by atoms with E-state index in [9.17, 15) is 9.59 Å². The molecule has 178 valence electrons. The van der Waals surface area contributed by atoms with Crippen LogP contribution in [-0.4, -0.2) is 77.0 Å². The molecule has 2 amide bonds. The lowest BCUT2D eigenvalue weighted by Crippen LogP contribution is -2.60. The average Bonchev–Trinajstić information content (AvgIpc) is 2.82. The minimum absolute atomic E-state index is 0.0442. The maximum atomic E-state index is 12.8. The Morgan fingerprint density at radius 3 is 2.48 bits per heavy atom. The maximum Gasteiger partial charge on any atom is 0.290 e. The van der Waals surface area contributed by atoms with Gasteiger partial charge in [-0.15, -0.1) is 0 Å². The van der Waals surface area contributed by atoms with Crippen LogP contribution in [0.1, 0.15) is 25.8 Å². The Labute approximate surface area is 194 Å². The molecule has 0 bridgehead atoms. The summed E-state index contributed by atoms with van der Waals surface area (Å²) in [6.07, 6.45) is 4.69. The lowest BCUT2D eigenvalue weighted by molar-refractivity contribution is -0.138. The Morgan fingerprint density at radius 1 is 1.15 bits per heavy atom. The van der Waals surface area contributed by atoms with Gasteiger partial charge in [0, 0.05) is 44.0 Å². The molecule has 1 saturated heterocycles. The molecule has 1 aromatic heterocycles. The number of nitrogens with one attached hydrogen (secondary N) is 1. The summed E-state index contributed by atoms with van der Waals surface area (Å²) in [6, 6.07) is 11.4. The molecular formula is C24H32N4O5. The molecule has 0 spiro atoms. The summed E-state index contributed by atoms with van der Waals surface area (Å²) in [4.78, 5) is 41.8. The van der Waals surface area contributed by atoms with Gasteiger partial charge in [-0.05, 0) is 50.1 Å². The Kier molecular flexibility index (Phi) is 10.3. The van der Waals surface area contributed by atoms with Crippen LogP contribution in [0.5, 0.6) is 5.75 Å². The molecule has 2 atom stereocenters. The normalized spacial score (nSPS) is 18.0. The van der Waals surface area contributed by atoms with Crippen LogP contribution in [0.4, 0.5) is 5.69 Å². The van der Waals surface area contributed by atoms with Gasteiger partial charge in [-0.25, -0.2) is 0 Å². The van der Waals surface area contributed by atoms with Gasteiger partial charge in [0.05, 0.1) is 19.3 Å². The van der Waals surface area contributed by atoms with Crippen molar-refractivity contribution in [3.8, 4) is 5.75 Å². The lowest BCUT2D eigenvalue weighted by atomic mass is 10.0. The second-order valence-electron chi connectivity index (χ2n) is 7.75. The number of hydrogen-bond acceptors (Lipinski definition) is 6. The predicted octanol–water partition coefficient (Wildman–Crippen LogP) is 2.28. The van der Waals surface area contributed by atoms with Gasteiger partial charge in [-0.2, -0.15) is 0 Å². The third-order valence-electron chi connectivity index (χ3n) is 5.82. The van der Waals surface area contributed by atoms with Gasteiger partial charge in [0.25, 0.3) is 6.47 Å². The topological polar surface area (TPSA) is 112 Å². The number of ether oxygens (including phenoxy) is 1. The zero-order valence-electron chi connectivity index (χ0n) is 19.3. The fraction of sp³-hybridized carbons (Fsp3) is 0.417. The largest absolute Gasteiger partial charge is 0.495 e. The number of piperazine rings is 1. The summed E-state index contributed by atoms with van der Waals surface area (Å²) in [5.41, 5.74) is 1.78. The van der Waals surface area contributed by atoms with Gasteiger partial charge in [-0.3, -0.25) is 24.3 Å². The molecular weight excluding hydrogens is 424 g/mol. The highest BCUT2D eigenvalue weighted by atomic mass is 16.5. The van der Waals surface area contributed by atoms with E-state index in [0.29, 0.717) is 37.4 Å². The fourth-order valence-corrected chi connectivity index (χ4v) is 3.85. The van der Waals surface area contributed by atoms with E-state index >= 15 is 0 Å². The van der Waals surface area contributed by atoms with Crippen molar-refractivity contribution in [1.82, 2.24) is 14.8 Å². The maximum absolute atomic E-state index is 12.8. The van der Waals surface area contributed by atoms with Crippen LogP contribution in [0, 0.1) is 0 Å². The van der Waals surface area contributed by atoms with Gasteiger partial charge in [0.15, 0.2) is 0 Å². The Hall–Kier alpha value is -3.46. The number of carbonyl (C=O) groups excluding carboxylic acids is 2. The number of aromatic nitrogens is 1. The average molecular weight is 457 g/mol. The standard InChI is InChI=1S/C23H30N4O3.CH2O2/c1-17-18(2)27(23(29)9-8-19-10-12-24-13-11-19)15-14-26(17)16-22(28)25-20-6-4-5-7-21(20)30-3;2-1-3/h4-7,10-13,17-18H,8-9,14-16H2,1-3H3,(H,25,28);1H,(H,2,3)/t17-,18+;/m0./s1. The predicted molar refractivity (Wildman–Crippen MR) is 125 cm³/mol. The van der Waals surface area contributed by atoms with Crippen molar-refractivity contribution in [3.05, 3.63) is 54.4 Å². The van der Waals surface area contributed by atoms with Crippen molar-refractivity contribution in [2.24, 2.45) is 0 Å². The van der Waals surface area contributed by atoms with Crippen molar-refractivity contribution in [2.45, 2.75) is 38.8 Å². The van der Waals surface area contributed by atoms with Gasteiger partial charge in [-0.1, -0.05) is 12.1 Å². The molecule has 2 N–H and O–H groups in total. The number of methoxy groups -OCH3 is 1. The number of anilines is 1. The van der Waals surface area contributed by atoms with E-state index in [4.69, 9.17) is 14.6 Å². The van der Waals surface area contributed by atoms with E-state index in [1.807, 2.05) is 41.3 Å². The molecule has 3 rings (SSSR count). The molecule has 0 saturated carbocycles. The fourth-order valence-electron chi connectivity index (χ4n) is 3.85. The van der Waals surface area contributed by atoms with Crippen LogP contribution in [0.25, 0.3) is 0 Å². The van der Waals surface area contributed by atoms with Crippen LogP contribution < -0.4 is 10.1 Å². The van der Waals surface area contributed by atoms with Crippen molar-refractivity contribution < 1.29 is 24.2 Å². The van der Waals surface area contributed by atoms with E-state index in [0.717, 1.165) is 5.56 Å². The quantitative estimate of drug-likeness (QED) is 0.615. The number of amides is 2. The molecule has 1 aliphatic heterocycles. The number of nitrogens with zero attached hydrogens (tertiary/aromatic N) is 3. The SMILES string of the molecule is COc1ccccc1NC(=O)CN1CCN(C(=O)CCc2ccncc2)[C@H](C)[C@@H]1C.O=CO. The van der Waals surface area contributed by atoms with Crippen LogP contribution in [0.3, 0.4) is 0 Å². The minimum Gasteiger partial charge on any atom is -0.495 e. The number of benzene rings is 1. The second kappa shape index (κ2) is 13.2. The van der Waals surface area contributed by atoms with Gasteiger partial charge in [0.2, 0.25) is 11.8 Å². The van der Waals surface area contributed by atoms with Crippen LogP contribution in [0.2, 0.25) is 0 Å². The summed E-state index contributed by atoms with van der Waals surface area (Å²) in [7, 11) is 1.58. The van der Waals surface area contributed by atoms with Gasteiger partial charge in [0.1, 0.15) is 5.75 Å². The summed E-state index contributed by atoms with van der Waals surface area (Å²) in [5, 5.41) is 9.81. The van der Waals surface area contributed by atoms with Crippen molar-refractivity contribution in [1.29, 1.82) is 0 Å². The molecule has 9 nitrogen and oxygen atoms in total. The monoisotopic (exact) mass is 456 g/mol. The Morgan fingerprint density at radius 2 is 1.82 bits per heavy atom. The van der Waals surface area contributed by atoms with Crippen LogP contribution in [0.15, 0.2) is 48.8 Å². The first-order valence-electron chi connectivity index (χ1n) is 10.8. The first kappa shape index (κ1) is 25.8. The minimum atomic E-state index is -0.250. The number of pyridine rings is 1. The van der Waals surface area contributed by atoms with E-state index in [1.54, 1.807) is 19.5 Å². The first-order valence-corrected chi connectivity index (χ1v) is 10.8. The summed E-state index contributed by atoms with van der Waals surface area (Å²) in [6.45, 7) is 5.46. The Balaban J connectivity index is 0.00000122. The number of hydrogen-bond donors (Lipinski definition) is 2. The molecule has 0 aliphatic carbocycles. The zero-order chi connectivity index (χ0) is 24.2. The molecule has 1 aromatic carbocycles. The number of para-hydroxylation sites is 2. The van der Waals surface area contributed by atoms with Crippen LogP contribution in [-0.2, 0) is 20.8 Å². The van der Waals surface area contributed by atoms with E-state index < -0.39 is 0 Å². The van der Waals surface area contributed by atoms with E-state index in [2.05, 4.69) is 29.0 Å². The third-order valence-corrected chi connectivity index (χ3v) is 5.82. The lowest BCUT2D eigenvalue weighted by Gasteiger charge is -2.44. The molecule has 0 unspecified atom stereocenters. The van der Waals surface area contributed by atoms with Crippen LogP contribution >= 0.6 is 0 Å². The second-order valence-corrected chi connectivity index (χ2v) is 7.75. The summed E-state index contributed by atoms with van der Waals surface area (Å²) < 4.78 is 5.29. The number of carboxylic acid groups (broad SMARTS) is 1. The first-order chi connectivity index (χ1) is 15.9. The molecule has 1 aliphatic rings. The zero-order valence-corrected chi connectivity index (χ0v) is 19.3. The van der Waals surface area contributed by atoms with Gasteiger partial charge < -0.3 is 20.1 Å². The molecule has 1 fully saturated rings. The third kappa shape index (κ3) is 7.57. The van der Waals surface area contributed by atoms with E-state index in [1.165, 1.54) is 0 Å². The van der Waals surface area contributed by atoms with Crippen molar-refractivity contribution in [2.75, 3.05) is 32.1 Å². The number of rotatable bonds is 7. The molecule has 9 heteroatoms. The number of carbonyl (C=O) groups is 3. The highest BCUT2D eigenvalue weighted by Crippen LogP contribution is 2.23. The van der Waals surface area contributed by atoms with Crippen molar-refractivity contribution in [3.63, 3.8) is 0 Å². The van der Waals surface area contributed by atoms with E-state index in [-0.39, 0.29) is 36.9 Å². The molecule has 2 heterocycles.